The van der Waals surface area contributed by atoms with Gasteiger partial charge >= 0.3 is 0 Å². The third kappa shape index (κ3) is 6.33. The molecular formula is C21H26N2O4. The van der Waals surface area contributed by atoms with Gasteiger partial charge in [0.1, 0.15) is 11.5 Å². The molecule has 6 heteroatoms. The van der Waals surface area contributed by atoms with Crippen LogP contribution in [0.5, 0.6) is 11.5 Å². The maximum absolute atomic E-state index is 12.1. The van der Waals surface area contributed by atoms with Crippen molar-refractivity contribution >= 4 is 17.5 Å². The number of hydrogen-bond donors (Lipinski definition) is 1. The van der Waals surface area contributed by atoms with E-state index in [2.05, 4.69) is 5.32 Å². The van der Waals surface area contributed by atoms with Gasteiger partial charge in [-0.2, -0.15) is 0 Å². The molecule has 6 nitrogen and oxygen atoms in total. The van der Waals surface area contributed by atoms with Crippen molar-refractivity contribution in [1.29, 1.82) is 0 Å². The van der Waals surface area contributed by atoms with Crippen LogP contribution in [0.4, 0.5) is 5.69 Å². The van der Waals surface area contributed by atoms with Gasteiger partial charge in [-0.15, -0.1) is 0 Å². The van der Waals surface area contributed by atoms with E-state index in [1.54, 1.807) is 31.3 Å². The molecule has 2 aromatic carbocycles. The van der Waals surface area contributed by atoms with Crippen molar-refractivity contribution in [3.63, 3.8) is 0 Å². The van der Waals surface area contributed by atoms with Gasteiger partial charge in [-0.25, -0.2) is 0 Å². The quantitative estimate of drug-likeness (QED) is 0.737. The van der Waals surface area contributed by atoms with Crippen molar-refractivity contribution in [3.05, 3.63) is 54.1 Å². The molecule has 0 spiro atoms. The van der Waals surface area contributed by atoms with Crippen LogP contribution in [0.2, 0.25) is 0 Å². The Labute approximate surface area is 160 Å². The number of anilines is 1. The Balaban J connectivity index is 1.79. The molecule has 2 amide bonds. The van der Waals surface area contributed by atoms with Gasteiger partial charge in [0.25, 0.3) is 0 Å². The van der Waals surface area contributed by atoms with E-state index in [4.69, 9.17) is 9.47 Å². The van der Waals surface area contributed by atoms with Crippen molar-refractivity contribution in [1.82, 2.24) is 5.32 Å². The highest BCUT2D eigenvalue weighted by atomic mass is 16.5. The van der Waals surface area contributed by atoms with Crippen LogP contribution >= 0.6 is 0 Å². The highest BCUT2D eigenvalue weighted by molar-refractivity contribution is 5.92. The first-order valence-corrected chi connectivity index (χ1v) is 8.85. The number of methoxy groups -OCH3 is 2. The van der Waals surface area contributed by atoms with E-state index >= 15 is 0 Å². The fourth-order valence-corrected chi connectivity index (χ4v) is 2.67. The first-order chi connectivity index (χ1) is 13.0. The summed E-state index contributed by atoms with van der Waals surface area (Å²) in [5, 5.41) is 2.90. The molecule has 0 aliphatic rings. The van der Waals surface area contributed by atoms with Crippen LogP contribution in [0.25, 0.3) is 0 Å². The standard InChI is InChI=1S/C21H26N2O4/c1-16(24)23(18-6-10-20(27-3)11-7-18)15-13-21(25)22-14-12-17-4-8-19(26-2)9-5-17/h4-11H,12-15H2,1-3H3,(H,22,25). The second-order valence-electron chi connectivity index (χ2n) is 6.07. The minimum atomic E-state index is -0.105. The maximum Gasteiger partial charge on any atom is 0.223 e. The van der Waals surface area contributed by atoms with Gasteiger partial charge in [-0.05, 0) is 48.4 Å². The van der Waals surface area contributed by atoms with Gasteiger partial charge < -0.3 is 19.7 Å². The van der Waals surface area contributed by atoms with E-state index in [1.807, 2.05) is 36.4 Å². The summed E-state index contributed by atoms with van der Waals surface area (Å²) in [6.45, 7) is 2.37. The molecular weight excluding hydrogens is 344 g/mol. The monoisotopic (exact) mass is 370 g/mol. The van der Waals surface area contributed by atoms with Gasteiger partial charge in [-0.1, -0.05) is 12.1 Å². The van der Waals surface area contributed by atoms with Crippen molar-refractivity contribution in [2.24, 2.45) is 0 Å². The van der Waals surface area contributed by atoms with E-state index in [1.165, 1.54) is 6.92 Å². The summed E-state index contributed by atoms with van der Waals surface area (Å²) in [7, 11) is 3.22. The zero-order chi connectivity index (χ0) is 19.6. The Morgan fingerprint density at radius 3 is 2.00 bits per heavy atom. The van der Waals surface area contributed by atoms with Crippen LogP contribution in [0.15, 0.2) is 48.5 Å². The zero-order valence-electron chi connectivity index (χ0n) is 16.0. The molecule has 27 heavy (non-hydrogen) atoms. The number of rotatable bonds is 9. The minimum absolute atomic E-state index is 0.0803. The number of carbonyl (C=O) groups excluding carboxylic acids is 2. The Kier molecular flexibility index (Phi) is 7.67. The van der Waals surface area contributed by atoms with Crippen LogP contribution in [-0.2, 0) is 16.0 Å². The molecule has 0 atom stereocenters. The summed E-state index contributed by atoms with van der Waals surface area (Å²) >= 11 is 0. The summed E-state index contributed by atoms with van der Waals surface area (Å²) < 4.78 is 10.3. The third-order valence-electron chi connectivity index (χ3n) is 4.22. The largest absolute Gasteiger partial charge is 0.497 e. The molecule has 144 valence electrons. The third-order valence-corrected chi connectivity index (χ3v) is 4.22. The Hall–Kier alpha value is -3.02. The predicted molar refractivity (Wildman–Crippen MR) is 105 cm³/mol. The molecule has 0 fully saturated rings. The molecule has 0 aliphatic carbocycles. The number of nitrogens with zero attached hydrogens (tertiary/aromatic N) is 1. The Morgan fingerprint density at radius 2 is 1.48 bits per heavy atom. The summed E-state index contributed by atoms with van der Waals surface area (Å²) in [6, 6.07) is 15.0. The molecule has 2 rings (SSSR count). The molecule has 1 N–H and O–H groups in total. The van der Waals surface area contributed by atoms with Crippen molar-refractivity contribution in [2.75, 3.05) is 32.2 Å². The van der Waals surface area contributed by atoms with Crippen LogP contribution in [-0.4, -0.2) is 39.1 Å². The molecule has 0 aliphatic heterocycles. The summed E-state index contributed by atoms with van der Waals surface area (Å²) in [5.41, 5.74) is 1.87. The lowest BCUT2D eigenvalue weighted by atomic mass is 10.1. The molecule has 0 radical (unpaired) electrons. The predicted octanol–water partition coefficient (Wildman–Crippen LogP) is 2.81. The lowest BCUT2D eigenvalue weighted by Crippen LogP contribution is -2.34. The highest BCUT2D eigenvalue weighted by Crippen LogP contribution is 2.19. The van der Waals surface area contributed by atoms with Crippen molar-refractivity contribution in [2.45, 2.75) is 19.8 Å². The summed E-state index contributed by atoms with van der Waals surface area (Å²) in [4.78, 5) is 25.6. The van der Waals surface area contributed by atoms with E-state index in [0.29, 0.717) is 13.1 Å². The second kappa shape index (κ2) is 10.2. The first-order valence-electron chi connectivity index (χ1n) is 8.85. The molecule has 0 unspecified atom stereocenters. The maximum atomic E-state index is 12.1. The number of carbonyl (C=O) groups is 2. The second-order valence-corrected chi connectivity index (χ2v) is 6.07. The molecule has 2 aromatic rings. The number of ether oxygens (including phenoxy) is 2. The minimum Gasteiger partial charge on any atom is -0.497 e. The lowest BCUT2D eigenvalue weighted by Gasteiger charge is -2.21. The van der Waals surface area contributed by atoms with E-state index in [0.717, 1.165) is 29.2 Å². The fraction of sp³-hybridized carbons (Fsp3) is 0.333. The number of benzene rings is 2. The number of amides is 2. The van der Waals surface area contributed by atoms with Crippen molar-refractivity contribution in [3.8, 4) is 11.5 Å². The molecule has 0 saturated heterocycles. The van der Waals surface area contributed by atoms with Gasteiger partial charge in [0, 0.05) is 32.1 Å². The average Bonchev–Trinajstić information content (AvgIpc) is 2.69. The summed E-state index contributed by atoms with van der Waals surface area (Å²) in [6.07, 6.45) is 0.985. The van der Waals surface area contributed by atoms with Crippen LogP contribution in [0.3, 0.4) is 0 Å². The lowest BCUT2D eigenvalue weighted by molar-refractivity contribution is -0.121. The highest BCUT2D eigenvalue weighted by Gasteiger charge is 2.13. The first kappa shape index (κ1) is 20.3. The Morgan fingerprint density at radius 1 is 0.926 bits per heavy atom. The van der Waals surface area contributed by atoms with Crippen LogP contribution in [0, 0.1) is 0 Å². The fourth-order valence-electron chi connectivity index (χ4n) is 2.67. The molecule has 0 aromatic heterocycles. The molecule has 0 bridgehead atoms. The normalized spacial score (nSPS) is 10.2. The van der Waals surface area contributed by atoms with Gasteiger partial charge in [0.15, 0.2) is 0 Å². The van der Waals surface area contributed by atoms with E-state index in [-0.39, 0.29) is 18.2 Å². The van der Waals surface area contributed by atoms with E-state index < -0.39 is 0 Å². The molecule has 0 saturated carbocycles. The van der Waals surface area contributed by atoms with Gasteiger partial charge in [-0.3, -0.25) is 9.59 Å². The zero-order valence-corrected chi connectivity index (χ0v) is 16.0. The Bertz CT molecular complexity index is 742. The smallest absolute Gasteiger partial charge is 0.223 e. The SMILES string of the molecule is COc1ccc(CCNC(=O)CCN(C(C)=O)c2ccc(OC)cc2)cc1. The topological polar surface area (TPSA) is 67.9 Å². The summed E-state index contributed by atoms with van der Waals surface area (Å²) in [5.74, 6) is 1.35. The number of nitrogens with one attached hydrogen (secondary N) is 1. The molecule has 0 heterocycles. The van der Waals surface area contributed by atoms with Crippen LogP contribution < -0.4 is 19.7 Å². The average molecular weight is 370 g/mol. The number of hydrogen-bond acceptors (Lipinski definition) is 4. The van der Waals surface area contributed by atoms with Gasteiger partial charge in [0.05, 0.1) is 14.2 Å². The van der Waals surface area contributed by atoms with Crippen molar-refractivity contribution < 1.29 is 19.1 Å². The van der Waals surface area contributed by atoms with E-state index in [9.17, 15) is 9.59 Å². The van der Waals surface area contributed by atoms with Crippen LogP contribution in [0.1, 0.15) is 18.9 Å². The van der Waals surface area contributed by atoms with Gasteiger partial charge in [0.2, 0.25) is 11.8 Å².